The van der Waals surface area contributed by atoms with Gasteiger partial charge in [0.1, 0.15) is 42.2 Å². The summed E-state index contributed by atoms with van der Waals surface area (Å²) >= 11 is 1.16. The summed E-state index contributed by atoms with van der Waals surface area (Å²) < 4.78 is 23.5. The number of thioether (sulfide) groups is 1. The summed E-state index contributed by atoms with van der Waals surface area (Å²) in [6.45, 7) is 4.47. The molecule has 0 aromatic carbocycles. The van der Waals surface area contributed by atoms with Gasteiger partial charge in [-0.3, -0.25) is 9.59 Å². The summed E-state index contributed by atoms with van der Waals surface area (Å²) in [5, 5.41) is 52.8. The third-order valence-electron chi connectivity index (χ3n) is 9.90. The predicted octanol–water partition coefficient (Wildman–Crippen LogP) is 4.03. The molecule has 6 N–H and O–H groups in total. The minimum absolute atomic E-state index is 0.0216. The van der Waals surface area contributed by atoms with E-state index >= 15 is 0 Å². The number of aliphatic hydroxyl groups is 4. The minimum Gasteiger partial charge on any atom is -0.394 e. The summed E-state index contributed by atoms with van der Waals surface area (Å²) in [6.07, 6.45) is 19.0. The van der Waals surface area contributed by atoms with E-state index in [4.69, 9.17) is 18.9 Å². The van der Waals surface area contributed by atoms with Crippen LogP contribution in [0.3, 0.4) is 0 Å². The topological polar surface area (TPSA) is 207 Å². The molecule has 0 bridgehead atoms. The van der Waals surface area contributed by atoms with Gasteiger partial charge in [0.2, 0.25) is 11.8 Å². The molecule has 2 heterocycles. The molecule has 0 unspecified atom stereocenters. The smallest absolute Gasteiger partial charge is 0.246 e. The number of aromatic nitrogens is 3. The van der Waals surface area contributed by atoms with Crippen LogP contribution < -0.4 is 10.6 Å². The van der Waals surface area contributed by atoms with E-state index in [1.54, 1.807) is 10.9 Å². The Hall–Kier alpha value is -2.77. The average molecular weight is 866 g/mol. The number of nitrogens with one attached hydrogen (secondary N) is 2. The van der Waals surface area contributed by atoms with Gasteiger partial charge >= 0.3 is 0 Å². The maximum atomic E-state index is 12.3. The molecule has 16 heteroatoms. The number of hydrogen-bond acceptors (Lipinski definition) is 13. The van der Waals surface area contributed by atoms with Crippen molar-refractivity contribution in [1.82, 2.24) is 25.6 Å². The maximum absolute atomic E-state index is 12.3. The zero-order chi connectivity index (χ0) is 43.3. The fourth-order valence-corrected chi connectivity index (χ4v) is 7.34. The zero-order valence-corrected chi connectivity index (χ0v) is 37.0. The number of aliphatic hydroxyl groups excluding tert-OH is 4. The molecule has 0 radical (unpaired) electrons. The molecule has 1 aliphatic rings. The highest BCUT2D eigenvalue weighted by atomic mass is 32.2. The lowest BCUT2D eigenvalue weighted by atomic mass is 10.0. The Morgan fingerprint density at radius 3 is 1.97 bits per heavy atom. The lowest BCUT2D eigenvalue weighted by Crippen LogP contribution is -2.57. The van der Waals surface area contributed by atoms with Crippen LogP contribution in [0.1, 0.15) is 135 Å². The van der Waals surface area contributed by atoms with Gasteiger partial charge in [-0.25, -0.2) is 4.68 Å². The van der Waals surface area contributed by atoms with Crippen LogP contribution in [0.5, 0.6) is 0 Å². The SMILES string of the molecule is CCCCCCCCCCCCC#CC#CCCCCCCCCC(=O)NCc1cn(CCOCCOCCOCC(=O)NCCS[C@@H]2O[C@H](CO)[C@H](O)[C@H](O)[C@H]2O)nn1. The second-order valence-corrected chi connectivity index (χ2v) is 16.3. The van der Waals surface area contributed by atoms with E-state index in [1.165, 1.54) is 64.2 Å². The van der Waals surface area contributed by atoms with Gasteiger partial charge in [0.05, 0.1) is 58.9 Å². The van der Waals surface area contributed by atoms with Crippen molar-refractivity contribution < 1.29 is 49.0 Å². The van der Waals surface area contributed by atoms with Gasteiger partial charge in [-0.1, -0.05) is 107 Å². The molecule has 0 aliphatic carbocycles. The minimum atomic E-state index is -1.43. The maximum Gasteiger partial charge on any atom is 0.246 e. The molecule has 60 heavy (non-hydrogen) atoms. The summed E-state index contributed by atoms with van der Waals surface area (Å²) in [7, 11) is 0. The zero-order valence-electron chi connectivity index (χ0n) is 36.2. The Morgan fingerprint density at radius 1 is 0.750 bits per heavy atom. The third kappa shape index (κ3) is 27.2. The van der Waals surface area contributed by atoms with Crippen molar-refractivity contribution in [3.8, 4) is 23.7 Å². The van der Waals surface area contributed by atoms with Crippen molar-refractivity contribution >= 4 is 23.6 Å². The molecule has 2 rings (SSSR count). The van der Waals surface area contributed by atoms with Gasteiger partial charge in [0, 0.05) is 31.6 Å². The van der Waals surface area contributed by atoms with Crippen LogP contribution in [0.2, 0.25) is 0 Å². The van der Waals surface area contributed by atoms with Crippen LogP contribution in [-0.2, 0) is 41.6 Å². The third-order valence-corrected chi connectivity index (χ3v) is 11.1. The second-order valence-electron chi connectivity index (χ2n) is 15.1. The fraction of sp³-hybridized carbons (Fsp3) is 0.818. The molecule has 5 atom stereocenters. The Bertz CT molecular complexity index is 1360. The molecule has 1 aromatic rings. The number of amides is 2. The number of hydrogen-bond donors (Lipinski definition) is 6. The van der Waals surface area contributed by atoms with Crippen LogP contribution in [0, 0.1) is 23.7 Å². The number of carbonyl (C=O) groups excluding carboxylic acids is 2. The number of ether oxygens (including phenoxy) is 4. The molecule has 1 saturated heterocycles. The van der Waals surface area contributed by atoms with Crippen molar-refractivity contribution in [2.45, 2.75) is 172 Å². The van der Waals surface area contributed by atoms with E-state index in [9.17, 15) is 30.0 Å². The van der Waals surface area contributed by atoms with E-state index in [0.29, 0.717) is 57.4 Å². The van der Waals surface area contributed by atoms with Gasteiger partial charge in [0.25, 0.3) is 0 Å². The number of nitrogens with zero attached hydrogens (tertiary/aromatic N) is 3. The lowest BCUT2D eigenvalue weighted by Gasteiger charge is -2.39. The van der Waals surface area contributed by atoms with E-state index in [2.05, 4.69) is 51.6 Å². The Labute approximate surface area is 363 Å². The van der Waals surface area contributed by atoms with Gasteiger partial charge in [0.15, 0.2) is 0 Å². The van der Waals surface area contributed by atoms with Crippen LogP contribution in [0.25, 0.3) is 0 Å². The van der Waals surface area contributed by atoms with Crippen LogP contribution in [0.4, 0.5) is 0 Å². The Morgan fingerprint density at radius 2 is 1.33 bits per heavy atom. The summed E-state index contributed by atoms with van der Waals surface area (Å²) in [6, 6.07) is 0. The van der Waals surface area contributed by atoms with Crippen LogP contribution in [0.15, 0.2) is 6.20 Å². The van der Waals surface area contributed by atoms with Gasteiger partial charge in [-0.05, 0) is 31.1 Å². The number of carbonyl (C=O) groups is 2. The first kappa shape index (κ1) is 53.4. The molecule has 342 valence electrons. The average Bonchev–Trinajstić information content (AvgIpc) is 3.71. The van der Waals surface area contributed by atoms with Gasteiger partial charge in [-0.15, -0.1) is 16.9 Å². The number of rotatable bonds is 36. The molecule has 0 saturated carbocycles. The van der Waals surface area contributed by atoms with Crippen molar-refractivity contribution in [2.24, 2.45) is 0 Å². The first-order valence-electron chi connectivity index (χ1n) is 22.4. The van der Waals surface area contributed by atoms with E-state index in [-0.39, 0.29) is 31.6 Å². The second kappa shape index (κ2) is 36.8. The number of unbranched alkanes of at least 4 members (excludes halogenated alkanes) is 16. The van der Waals surface area contributed by atoms with Crippen molar-refractivity contribution in [3.63, 3.8) is 0 Å². The quantitative estimate of drug-likeness (QED) is 0.0417. The van der Waals surface area contributed by atoms with E-state index in [0.717, 1.165) is 63.1 Å². The molecule has 1 fully saturated rings. The van der Waals surface area contributed by atoms with E-state index in [1.807, 2.05) is 0 Å². The Balaban J connectivity index is 1.32. The normalized spacial score (nSPS) is 18.6. The van der Waals surface area contributed by atoms with Crippen LogP contribution in [-0.4, -0.2) is 136 Å². The Kier molecular flexibility index (Phi) is 32.8. The summed E-state index contributed by atoms with van der Waals surface area (Å²) in [4.78, 5) is 24.2. The largest absolute Gasteiger partial charge is 0.394 e. The van der Waals surface area contributed by atoms with Gasteiger partial charge < -0.3 is 50.0 Å². The molecule has 0 spiro atoms. The monoisotopic (exact) mass is 866 g/mol. The first-order chi connectivity index (χ1) is 29.3. The molecular weight excluding hydrogens is 791 g/mol. The summed E-state index contributed by atoms with van der Waals surface area (Å²) in [5.41, 5.74) is -0.148. The highest BCUT2D eigenvalue weighted by molar-refractivity contribution is 7.99. The fourth-order valence-electron chi connectivity index (χ4n) is 6.31. The van der Waals surface area contributed by atoms with Crippen LogP contribution >= 0.6 is 11.8 Å². The standard InChI is InChI=1S/C44H75N5O10S/c1-2-3-4-5-6-7-8-9-10-11-12-13-14-15-16-17-18-19-20-21-22-23-24-39(51)46-33-37-34-49(48-47-37)26-27-56-28-29-57-30-31-58-36-40(52)45-25-32-60-44-43(55)42(54)41(53)38(35-50)59-44/h34,38,41-44,50,53-55H,2-12,17-33,35-36H2,1H3,(H,45,52)(H,46,51)/t38-,41+,42+,43-,44+/m1/s1. The highest BCUT2D eigenvalue weighted by Crippen LogP contribution is 2.28. The molecule has 1 aromatic heterocycles. The molecular formula is C44H75N5O10S. The summed E-state index contributed by atoms with van der Waals surface area (Å²) in [5.74, 6) is 12.5. The molecule has 2 amide bonds. The first-order valence-corrected chi connectivity index (χ1v) is 23.4. The molecule has 15 nitrogen and oxygen atoms in total. The van der Waals surface area contributed by atoms with Crippen molar-refractivity contribution in [2.75, 3.05) is 58.5 Å². The predicted molar refractivity (Wildman–Crippen MR) is 233 cm³/mol. The lowest BCUT2D eigenvalue weighted by molar-refractivity contribution is -0.205. The van der Waals surface area contributed by atoms with Crippen molar-refractivity contribution in [1.29, 1.82) is 0 Å². The van der Waals surface area contributed by atoms with Crippen molar-refractivity contribution in [3.05, 3.63) is 11.9 Å². The van der Waals surface area contributed by atoms with E-state index < -0.39 is 36.5 Å². The highest BCUT2D eigenvalue weighted by Gasteiger charge is 2.43. The van der Waals surface area contributed by atoms with Gasteiger partial charge in [-0.2, -0.15) is 0 Å². The molecule has 1 aliphatic heterocycles.